The molecule has 0 heteroatoms. The Labute approximate surface area is 108 Å². The van der Waals surface area contributed by atoms with E-state index in [1.165, 1.54) is 10.4 Å². The lowest BCUT2D eigenvalue weighted by molar-refractivity contribution is 1.50. The average molecular weight is 234 g/mol. The van der Waals surface area contributed by atoms with Crippen molar-refractivity contribution < 1.29 is 0 Å². The van der Waals surface area contributed by atoms with Crippen molar-refractivity contribution in [3.63, 3.8) is 0 Å². The van der Waals surface area contributed by atoms with Crippen LogP contribution in [0.5, 0.6) is 0 Å². The molecule has 0 amide bonds. The zero-order valence-corrected chi connectivity index (χ0v) is 12.7. The second-order valence-corrected chi connectivity index (χ2v) is 2.61. The van der Waals surface area contributed by atoms with Crippen molar-refractivity contribution in [1.29, 1.82) is 0 Å². The normalized spacial score (nSPS) is 9.82. The molecule has 1 rings (SSSR count). The minimum Gasteiger partial charge on any atom is -0.103 e. The van der Waals surface area contributed by atoms with Crippen LogP contribution in [0.15, 0.2) is 36.9 Å². The number of benzene rings is 1. The maximum absolute atomic E-state index is 3.36. The topological polar surface area (TPSA) is 0 Å². The third kappa shape index (κ3) is 12.6. The molecule has 98 valence electrons. The van der Waals surface area contributed by atoms with Gasteiger partial charge in [-0.05, 0) is 31.2 Å². The summed E-state index contributed by atoms with van der Waals surface area (Å²) in [7, 11) is 0. The first-order valence-electron chi connectivity index (χ1n) is 6.54. The van der Waals surface area contributed by atoms with Crippen molar-refractivity contribution in [2.75, 3.05) is 0 Å². The largest absolute Gasteiger partial charge is 0.103 e. The van der Waals surface area contributed by atoms with E-state index < -0.39 is 0 Å². The summed E-state index contributed by atoms with van der Waals surface area (Å²) in [5, 5.41) is 2.62. The van der Waals surface area contributed by atoms with Crippen LogP contribution < -0.4 is 10.4 Å². The Bertz CT molecular complexity index is 312. The average Bonchev–Trinajstić information content (AvgIpc) is 2.44. The van der Waals surface area contributed by atoms with Gasteiger partial charge in [0.2, 0.25) is 0 Å². The van der Waals surface area contributed by atoms with Crippen molar-refractivity contribution in [2.24, 2.45) is 0 Å². The first-order valence-corrected chi connectivity index (χ1v) is 6.54. The summed E-state index contributed by atoms with van der Waals surface area (Å²) in [6.45, 7) is 17.4. The Morgan fingerprint density at radius 3 is 1.18 bits per heavy atom. The molecule has 0 saturated heterocycles. The highest BCUT2D eigenvalue weighted by molar-refractivity contribution is 5.28. The lowest BCUT2D eigenvalue weighted by Crippen LogP contribution is -2.22. The summed E-state index contributed by atoms with van der Waals surface area (Å²) < 4.78 is 0. The molecular weight excluding hydrogens is 204 g/mol. The number of allylic oxidation sites excluding steroid dienone is 1. The highest BCUT2D eigenvalue weighted by Gasteiger charge is 1.77. The Morgan fingerprint density at radius 1 is 0.765 bits per heavy atom. The van der Waals surface area contributed by atoms with Crippen LogP contribution in [0.2, 0.25) is 0 Å². The molecule has 0 heterocycles. The minimum absolute atomic E-state index is 1.31. The Kier molecular flexibility index (Phi) is 24.9. The van der Waals surface area contributed by atoms with E-state index in [9.17, 15) is 0 Å². The Hall–Kier alpha value is -1.30. The third-order valence-corrected chi connectivity index (χ3v) is 1.62. The summed E-state index contributed by atoms with van der Waals surface area (Å²) in [6.07, 6.45) is 5.99. The van der Waals surface area contributed by atoms with Crippen LogP contribution in [0.1, 0.15) is 48.5 Å². The number of rotatable bonds is 0. The van der Waals surface area contributed by atoms with Gasteiger partial charge in [0.15, 0.2) is 0 Å². The van der Waals surface area contributed by atoms with E-state index in [0.717, 1.165) is 0 Å². The van der Waals surface area contributed by atoms with E-state index in [2.05, 4.69) is 56.8 Å². The predicted octanol–water partition coefficient (Wildman–Crippen LogP) is 4.53. The van der Waals surface area contributed by atoms with Crippen molar-refractivity contribution in [1.82, 2.24) is 0 Å². The van der Waals surface area contributed by atoms with Crippen LogP contribution in [-0.4, -0.2) is 0 Å². The number of hydrogen-bond donors (Lipinski definition) is 0. The van der Waals surface area contributed by atoms with Gasteiger partial charge in [0.25, 0.3) is 0 Å². The van der Waals surface area contributed by atoms with Gasteiger partial charge in [-0.3, -0.25) is 0 Å². The Morgan fingerprint density at radius 2 is 1.00 bits per heavy atom. The fourth-order valence-electron chi connectivity index (χ4n) is 1.04. The van der Waals surface area contributed by atoms with Crippen LogP contribution >= 0.6 is 0 Å². The highest BCUT2D eigenvalue weighted by atomic mass is 13.8. The SMILES string of the molecule is C/C=c1/cccc/c1=C/C.C=CC.CC.CC. The molecule has 0 unspecified atom stereocenters. The maximum Gasteiger partial charge on any atom is -0.0230 e. The molecule has 0 N–H and O–H groups in total. The van der Waals surface area contributed by atoms with Gasteiger partial charge in [-0.25, -0.2) is 0 Å². The van der Waals surface area contributed by atoms with E-state index in [-0.39, 0.29) is 0 Å². The lowest BCUT2D eigenvalue weighted by atomic mass is 10.2. The fraction of sp³-hybridized carbons (Fsp3) is 0.412. The molecular formula is C17H30. The van der Waals surface area contributed by atoms with Gasteiger partial charge in [-0.2, -0.15) is 0 Å². The van der Waals surface area contributed by atoms with Crippen molar-refractivity contribution in [2.45, 2.75) is 48.5 Å². The van der Waals surface area contributed by atoms with Crippen molar-refractivity contribution in [3.05, 3.63) is 47.4 Å². The van der Waals surface area contributed by atoms with Gasteiger partial charge in [0.05, 0.1) is 0 Å². The van der Waals surface area contributed by atoms with Crippen LogP contribution in [-0.2, 0) is 0 Å². The zero-order chi connectivity index (χ0) is 14.1. The van der Waals surface area contributed by atoms with E-state index in [1.807, 2.05) is 34.6 Å². The molecule has 0 aliphatic carbocycles. The quantitative estimate of drug-likeness (QED) is 0.578. The summed E-state index contributed by atoms with van der Waals surface area (Å²) >= 11 is 0. The summed E-state index contributed by atoms with van der Waals surface area (Å²) in [4.78, 5) is 0. The molecule has 1 aromatic carbocycles. The maximum atomic E-state index is 3.36. The molecule has 0 aliphatic rings. The lowest BCUT2D eigenvalue weighted by Gasteiger charge is -1.85. The molecule has 0 bridgehead atoms. The van der Waals surface area contributed by atoms with Gasteiger partial charge in [0.1, 0.15) is 0 Å². The molecule has 0 radical (unpaired) electrons. The molecule has 17 heavy (non-hydrogen) atoms. The van der Waals surface area contributed by atoms with E-state index >= 15 is 0 Å². The molecule has 0 fully saturated rings. The minimum atomic E-state index is 1.31. The van der Waals surface area contributed by atoms with Crippen LogP contribution in [0, 0.1) is 0 Å². The monoisotopic (exact) mass is 234 g/mol. The predicted molar refractivity (Wildman–Crippen MR) is 84.5 cm³/mol. The van der Waals surface area contributed by atoms with E-state index in [4.69, 9.17) is 0 Å². The van der Waals surface area contributed by atoms with Crippen molar-refractivity contribution in [3.8, 4) is 0 Å². The van der Waals surface area contributed by atoms with Crippen LogP contribution in [0.3, 0.4) is 0 Å². The zero-order valence-electron chi connectivity index (χ0n) is 12.7. The summed E-state index contributed by atoms with van der Waals surface area (Å²) in [5.74, 6) is 0. The molecule has 0 atom stereocenters. The third-order valence-electron chi connectivity index (χ3n) is 1.62. The van der Waals surface area contributed by atoms with Crippen molar-refractivity contribution >= 4 is 12.2 Å². The van der Waals surface area contributed by atoms with Gasteiger partial charge < -0.3 is 0 Å². The smallest absolute Gasteiger partial charge is 0.0230 e. The molecule has 1 aromatic rings. The van der Waals surface area contributed by atoms with Crippen LogP contribution in [0.4, 0.5) is 0 Å². The fourth-order valence-corrected chi connectivity index (χ4v) is 1.04. The second kappa shape index (κ2) is 20.2. The van der Waals surface area contributed by atoms with Crippen LogP contribution in [0.25, 0.3) is 12.2 Å². The molecule has 0 aromatic heterocycles. The molecule has 0 nitrogen and oxygen atoms in total. The summed E-state index contributed by atoms with van der Waals surface area (Å²) in [6, 6.07) is 8.36. The standard InChI is InChI=1S/C10H12.C3H6.2C2H6/c1-3-9-7-5-6-8-10(9)4-2;1-3-2;2*1-2/h3-8H,1-2H3;3H,1H2,2H3;2*1-2H3/b9-3-,10-4-;;;. The van der Waals surface area contributed by atoms with Gasteiger partial charge >= 0.3 is 0 Å². The first-order chi connectivity index (χ1) is 8.29. The first kappa shape index (κ1) is 21.0. The molecule has 0 aliphatic heterocycles. The number of hydrogen-bond acceptors (Lipinski definition) is 0. The summed E-state index contributed by atoms with van der Waals surface area (Å²) in [5.41, 5.74) is 0. The van der Waals surface area contributed by atoms with Gasteiger partial charge in [-0.1, -0.05) is 70.2 Å². The van der Waals surface area contributed by atoms with E-state index in [1.54, 1.807) is 6.08 Å². The van der Waals surface area contributed by atoms with Gasteiger partial charge in [0, 0.05) is 0 Å². The molecule has 0 saturated carbocycles. The Balaban J connectivity index is -0.000000239. The van der Waals surface area contributed by atoms with Gasteiger partial charge in [-0.15, -0.1) is 6.58 Å². The highest BCUT2D eigenvalue weighted by Crippen LogP contribution is 1.71. The second-order valence-electron chi connectivity index (χ2n) is 2.61. The van der Waals surface area contributed by atoms with E-state index in [0.29, 0.717) is 0 Å². The molecule has 0 spiro atoms.